The number of aromatic amines is 2. The second-order valence-electron chi connectivity index (χ2n) is 8.32. The van der Waals surface area contributed by atoms with Gasteiger partial charge in [-0.15, -0.1) is 0 Å². The van der Waals surface area contributed by atoms with E-state index in [4.69, 9.17) is 9.97 Å². The van der Waals surface area contributed by atoms with Crippen LogP contribution >= 0.6 is 11.8 Å². The summed E-state index contributed by atoms with van der Waals surface area (Å²) in [5.74, 6) is 1.42. The Kier molecular flexibility index (Phi) is 4.08. The Morgan fingerprint density at radius 3 is 1.87 bits per heavy atom. The maximum Gasteiger partial charge on any atom is 0.166 e. The van der Waals surface area contributed by atoms with E-state index in [9.17, 15) is 0 Å². The summed E-state index contributed by atoms with van der Waals surface area (Å²) in [5.41, 5.74) is 6.69. The van der Waals surface area contributed by atoms with Crippen molar-refractivity contribution in [2.24, 2.45) is 0 Å². The van der Waals surface area contributed by atoms with Crippen molar-refractivity contribution in [2.75, 3.05) is 6.26 Å². The van der Waals surface area contributed by atoms with E-state index in [-0.39, 0.29) is 0 Å². The van der Waals surface area contributed by atoms with Gasteiger partial charge in [0.15, 0.2) is 5.16 Å². The summed E-state index contributed by atoms with van der Waals surface area (Å²) in [6.07, 6.45) is 2.04. The molecule has 4 aromatic carbocycles. The van der Waals surface area contributed by atoms with Gasteiger partial charge < -0.3 is 9.97 Å². The second-order valence-corrected chi connectivity index (χ2v) is 9.11. The van der Waals surface area contributed by atoms with Crippen molar-refractivity contribution < 1.29 is 0 Å². The number of aromatic nitrogens is 4. The third-order valence-electron chi connectivity index (χ3n) is 6.01. The molecule has 2 N–H and O–H groups in total. The van der Waals surface area contributed by atoms with Gasteiger partial charge in [-0.05, 0) is 52.4 Å². The molecule has 0 atom stereocenters. The molecule has 0 fully saturated rings. The number of hydrogen-bond donors (Lipinski definition) is 2. The molecule has 0 spiro atoms. The Hall–Kier alpha value is -3.31. The maximum atomic E-state index is 4.85. The number of nitrogens with one attached hydrogen (secondary N) is 2. The lowest BCUT2D eigenvalue weighted by Crippen LogP contribution is -1.88. The van der Waals surface area contributed by atoms with Crippen LogP contribution in [0.5, 0.6) is 0 Å². The molecule has 0 radical (unpaired) electrons. The van der Waals surface area contributed by atoms with Crippen LogP contribution < -0.4 is 0 Å². The quantitative estimate of drug-likeness (QED) is 0.295. The summed E-state index contributed by atoms with van der Waals surface area (Å²) < 4.78 is 0. The molecular formula is C26H22N4S. The van der Waals surface area contributed by atoms with E-state index in [2.05, 4.69) is 84.5 Å². The summed E-state index contributed by atoms with van der Waals surface area (Å²) in [7, 11) is 0. The van der Waals surface area contributed by atoms with E-state index in [1.807, 2.05) is 6.26 Å². The highest BCUT2D eigenvalue weighted by atomic mass is 32.2. The van der Waals surface area contributed by atoms with Crippen LogP contribution in [0.1, 0.15) is 25.6 Å². The summed E-state index contributed by atoms with van der Waals surface area (Å²) in [4.78, 5) is 16.4. The Balaban J connectivity index is 1.48. The molecule has 152 valence electrons. The van der Waals surface area contributed by atoms with E-state index < -0.39 is 0 Å². The second kappa shape index (κ2) is 6.86. The fraction of sp³-hybridized carbons (Fsp3) is 0.154. The lowest BCUT2D eigenvalue weighted by molar-refractivity contribution is 0.799. The molecular weight excluding hydrogens is 400 g/mol. The van der Waals surface area contributed by atoms with Gasteiger partial charge in [-0.1, -0.05) is 62.0 Å². The first-order chi connectivity index (χ1) is 15.1. The topological polar surface area (TPSA) is 57.4 Å². The molecule has 0 unspecified atom stereocenters. The molecule has 0 amide bonds. The lowest BCUT2D eigenvalue weighted by atomic mass is 9.98. The Morgan fingerprint density at radius 2 is 1.29 bits per heavy atom. The minimum atomic E-state index is 0.382. The number of imidazole rings is 2. The van der Waals surface area contributed by atoms with Crippen molar-refractivity contribution in [1.82, 2.24) is 19.9 Å². The van der Waals surface area contributed by atoms with Gasteiger partial charge in [0, 0.05) is 16.7 Å². The highest BCUT2D eigenvalue weighted by molar-refractivity contribution is 7.98. The van der Waals surface area contributed by atoms with Gasteiger partial charge in [0.25, 0.3) is 0 Å². The van der Waals surface area contributed by atoms with E-state index >= 15 is 0 Å². The zero-order valence-corrected chi connectivity index (χ0v) is 18.5. The van der Waals surface area contributed by atoms with Crippen LogP contribution in [-0.4, -0.2) is 26.2 Å². The molecule has 6 aromatic rings. The van der Waals surface area contributed by atoms with Gasteiger partial charge >= 0.3 is 0 Å². The third-order valence-corrected chi connectivity index (χ3v) is 6.59. The zero-order chi connectivity index (χ0) is 21.1. The minimum Gasteiger partial charge on any atom is -0.342 e. The third kappa shape index (κ3) is 2.92. The van der Waals surface area contributed by atoms with Crippen LogP contribution in [0.25, 0.3) is 54.7 Å². The Labute approximate surface area is 184 Å². The first kappa shape index (κ1) is 18.5. The van der Waals surface area contributed by atoms with Crippen LogP contribution in [0, 0.1) is 0 Å². The standard InChI is InChI=1S/C26H22N4S/c1-14(2)25-27-21-10-6-17-12-15(4-8-19(17)23(21)29-25)16-5-9-20-18(13-16)7-11-22-24(20)30-26(28-22)31-3/h4-14H,1-3H3,(H,27,29)(H,28,30). The van der Waals surface area contributed by atoms with Gasteiger partial charge in [-0.2, -0.15) is 0 Å². The molecule has 0 saturated carbocycles. The predicted octanol–water partition coefficient (Wildman–Crippen LogP) is 7.26. The normalized spacial score (nSPS) is 12.1. The van der Waals surface area contributed by atoms with E-state index in [1.165, 1.54) is 32.7 Å². The first-order valence-corrected chi connectivity index (χ1v) is 11.7. The molecule has 0 saturated heterocycles. The van der Waals surface area contributed by atoms with Crippen molar-refractivity contribution in [3.05, 3.63) is 66.5 Å². The molecule has 2 aromatic heterocycles. The van der Waals surface area contributed by atoms with Crippen LogP contribution in [0.2, 0.25) is 0 Å². The van der Waals surface area contributed by atoms with Gasteiger partial charge in [-0.3, -0.25) is 0 Å². The number of thioether (sulfide) groups is 1. The smallest absolute Gasteiger partial charge is 0.166 e. The summed E-state index contributed by atoms with van der Waals surface area (Å²) in [6, 6.07) is 21.9. The molecule has 0 aliphatic rings. The molecule has 0 aliphatic carbocycles. The first-order valence-electron chi connectivity index (χ1n) is 10.5. The van der Waals surface area contributed by atoms with Crippen molar-refractivity contribution in [3.8, 4) is 11.1 Å². The number of hydrogen-bond acceptors (Lipinski definition) is 3. The van der Waals surface area contributed by atoms with Crippen LogP contribution in [0.3, 0.4) is 0 Å². The maximum absolute atomic E-state index is 4.85. The van der Waals surface area contributed by atoms with Crippen LogP contribution in [0.4, 0.5) is 0 Å². The van der Waals surface area contributed by atoms with Gasteiger partial charge in [-0.25, -0.2) is 9.97 Å². The number of rotatable bonds is 3. The van der Waals surface area contributed by atoms with E-state index in [0.29, 0.717) is 5.92 Å². The van der Waals surface area contributed by atoms with E-state index in [1.54, 1.807) is 11.8 Å². The fourth-order valence-electron chi connectivity index (χ4n) is 4.33. The largest absolute Gasteiger partial charge is 0.342 e. The highest BCUT2D eigenvalue weighted by Gasteiger charge is 2.11. The molecule has 0 aliphatic heterocycles. The summed E-state index contributed by atoms with van der Waals surface area (Å²) in [5, 5.41) is 5.73. The Morgan fingerprint density at radius 1 is 0.710 bits per heavy atom. The van der Waals surface area contributed by atoms with Gasteiger partial charge in [0.1, 0.15) is 5.82 Å². The van der Waals surface area contributed by atoms with Crippen LogP contribution in [-0.2, 0) is 0 Å². The summed E-state index contributed by atoms with van der Waals surface area (Å²) in [6.45, 7) is 4.33. The molecule has 2 heterocycles. The molecule has 4 nitrogen and oxygen atoms in total. The number of fused-ring (bicyclic) bond motifs is 6. The predicted molar refractivity (Wildman–Crippen MR) is 132 cm³/mol. The number of nitrogens with zero attached hydrogens (tertiary/aromatic N) is 2. The monoisotopic (exact) mass is 422 g/mol. The fourth-order valence-corrected chi connectivity index (χ4v) is 4.72. The zero-order valence-electron chi connectivity index (χ0n) is 17.7. The van der Waals surface area contributed by atoms with Crippen molar-refractivity contribution in [3.63, 3.8) is 0 Å². The van der Waals surface area contributed by atoms with Gasteiger partial charge in [0.2, 0.25) is 0 Å². The average Bonchev–Trinajstić information content (AvgIpc) is 3.42. The Bertz CT molecular complexity index is 1610. The van der Waals surface area contributed by atoms with Gasteiger partial charge in [0.05, 0.1) is 22.1 Å². The average molecular weight is 423 g/mol. The number of benzene rings is 4. The summed E-state index contributed by atoms with van der Waals surface area (Å²) >= 11 is 1.63. The molecule has 6 rings (SSSR count). The minimum absolute atomic E-state index is 0.382. The highest BCUT2D eigenvalue weighted by Crippen LogP contribution is 2.33. The SMILES string of the molecule is CSc1nc2c(ccc3cc(-c4ccc5c(ccc6[nH]c(C(C)C)nc65)c4)ccc32)[nH]1. The lowest BCUT2D eigenvalue weighted by Gasteiger charge is -2.07. The van der Waals surface area contributed by atoms with Crippen molar-refractivity contribution in [1.29, 1.82) is 0 Å². The van der Waals surface area contributed by atoms with E-state index in [0.717, 1.165) is 33.0 Å². The number of H-pyrrole nitrogens is 2. The molecule has 31 heavy (non-hydrogen) atoms. The van der Waals surface area contributed by atoms with Crippen molar-refractivity contribution >= 4 is 55.4 Å². The molecule has 5 heteroatoms. The van der Waals surface area contributed by atoms with Crippen molar-refractivity contribution in [2.45, 2.75) is 24.9 Å². The molecule has 0 bridgehead atoms. The van der Waals surface area contributed by atoms with Crippen LogP contribution in [0.15, 0.2) is 65.8 Å².